The maximum absolute atomic E-state index is 13.1. The molecule has 0 spiro atoms. The molecule has 142 valence electrons. The first kappa shape index (κ1) is 21.1. The number of halogens is 3. The van der Waals surface area contributed by atoms with Crippen LogP contribution in [0, 0.1) is 12.7 Å². The lowest BCUT2D eigenvalue weighted by Gasteiger charge is -2.29. The summed E-state index contributed by atoms with van der Waals surface area (Å²) in [5.41, 5.74) is 1.57. The third kappa shape index (κ3) is 4.36. The van der Waals surface area contributed by atoms with Gasteiger partial charge in [0.15, 0.2) is 0 Å². The lowest BCUT2D eigenvalue weighted by Crippen LogP contribution is -2.48. The van der Waals surface area contributed by atoms with Crippen molar-refractivity contribution in [2.45, 2.75) is 50.7 Å². The van der Waals surface area contributed by atoms with Gasteiger partial charge in [-0.05, 0) is 56.9 Å². The van der Waals surface area contributed by atoms with E-state index in [1.54, 1.807) is 12.1 Å². The van der Waals surface area contributed by atoms with Crippen LogP contribution in [0.2, 0.25) is 0 Å². The largest absolute Gasteiger partial charge is 0.348 e. The number of aromatic nitrogens is 1. The van der Waals surface area contributed by atoms with Crippen molar-refractivity contribution in [3.63, 3.8) is 0 Å². The van der Waals surface area contributed by atoms with Crippen LogP contribution < -0.4 is 10.6 Å². The molecule has 2 fully saturated rings. The molecule has 1 aromatic carbocycles. The normalized spacial score (nSPS) is 23.7. The Bertz CT molecular complexity index is 756. The summed E-state index contributed by atoms with van der Waals surface area (Å²) in [7, 11) is 0. The first-order valence-corrected chi connectivity index (χ1v) is 9.20. The summed E-state index contributed by atoms with van der Waals surface area (Å²) < 4.78 is 13.1. The molecule has 26 heavy (non-hydrogen) atoms. The van der Waals surface area contributed by atoms with E-state index in [4.69, 9.17) is 0 Å². The van der Waals surface area contributed by atoms with Gasteiger partial charge in [0, 0.05) is 23.7 Å². The number of amides is 1. The molecular weight excluding hydrogens is 396 g/mol. The van der Waals surface area contributed by atoms with Crippen molar-refractivity contribution in [2.75, 3.05) is 0 Å². The van der Waals surface area contributed by atoms with E-state index in [0.29, 0.717) is 17.0 Å². The van der Waals surface area contributed by atoms with Crippen LogP contribution in [-0.4, -0.2) is 29.0 Å². The second-order valence-electron chi connectivity index (χ2n) is 6.72. The lowest BCUT2D eigenvalue weighted by atomic mass is 10.00. The molecule has 0 saturated carbocycles. The van der Waals surface area contributed by atoms with E-state index in [1.807, 2.05) is 6.92 Å². The van der Waals surface area contributed by atoms with Crippen LogP contribution in [0.25, 0.3) is 10.6 Å². The van der Waals surface area contributed by atoms with Gasteiger partial charge in [0.25, 0.3) is 5.91 Å². The van der Waals surface area contributed by atoms with Gasteiger partial charge >= 0.3 is 0 Å². The van der Waals surface area contributed by atoms with Crippen LogP contribution in [-0.2, 0) is 0 Å². The third-order valence-corrected chi connectivity index (χ3v) is 6.11. The molecule has 2 atom stereocenters. The average Bonchev–Trinajstić information content (AvgIpc) is 3.10. The second kappa shape index (κ2) is 8.65. The number of carbonyl (C=O) groups is 1. The molecule has 4 nitrogen and oxygen atoms in total. The maximum Gasteiger partial charge on any atom is 0.263 e. The number of hydrogen-bond donors (Lipinski definition) is 2. The topological polar surface area (TPSA) is 54.0 Å². The fourth-order valence-corrected chi connectivity index (χ4v) is 4.72. The summed E-state index contributed by atoms with van der Waals surface area (Å²) in [4.78, 5) is 17.8. The first-order chi connectivity index (χ1) is 11.6. The first-order valence-electron chi connectivity index (χ1n) is 8.39. The van der Waals surface area contributed by atoms with Gasteiger partial charge < -0.3 is 10.6 Å². The Morgan fingerprint density at radius 3 is 2.42 bits per heavy atom. The quantitative estimate of drug-likeness (QED) is 0.789. The van der Waals surface area contributed by atoms with Crippen molar-refractivity contribution in [2.24, 2.45) is 0 Å². The minimum absolute atomic E-state index is 0. The Hall–Kier alpha value is -1.21. The summed E-state index contributed by atoms with van der Waals surface area (Å²) >= 11 is 1.37. The van der Waals surface area contributed by atoms with Crippen molar-refractivity contribution in [1.29, 1.82) is 0 Å². The zero-order chi connectivity index (χ0) is 16.7. The molecule has 2 saturated heterocycles. The molecule has 2 aromatic rings. The number of benzene rings is 1. The van der Waals surface area contributed by atoms with E-state index in [-0.39, 0.29) is 42.6 Å². The Morgan fingerprint density at radius 2 is 1.81 bits per heavy atom. The molecule has 0 aliphatic carbocycles. The van der Waals surface area contributed by atoms with Crippen molar-refractivity contribution in [1.82, 2.24) is 15.6 Å². The number of fused-ring (bicyclic) bond motifs is 2. The Morgan fingerprint density at radius 1 is 1.19 bits per heavy atom. The van der Waals surface area contributed by atoms with Gasteiger partial charge in [-0.1, -0.05) is 0 Å². The van der Waals surface area contributed by atoms with Crippen LogP contribution >= 0.6 is 36.2 Å². The predicted octanol–water partition coefficient (Wildman–Crippen LogP) is 4.11. The highest BCUT2D eigenvalue weighted by Gasteiger charge is 2.34. The lowest BCUT2D eigenvalue weighted by molar-refractivity contribution is 0.0927. The van der Waals surface area contributed by atoms with Crippen molar-refractivity contribution < 1.29 is 9.18 Å². The molecule has 2 unspecified atom stereocenters. The van der Waals surface area contributed by atoms with E-state index < -0.39 is 0 Å². The monoisotopic (exact) mass is 417 g/mol. The molecular formula is C18H22Cl2FN3OS. The van der Waals surface area contributed by atoms with Crippen molar-refractivity contribution >= 4 is 42.1 Å². The van der Waals surface area contributed by atoms with Crippen LogP contribution in [0.15, 0.2) is 24.3 Å². The van der Waals surface area contributed by atoms with E-state index in [2.05, 4.69) is 15.6 Å². The van der Waals surface area contributed by atoms with Gasteiger partial charge in [0.05, 0.1) is 5.69 Å². The second-order valence-corrected chi connectivity index (χ2v) is 7.72. The Labute approximate surface area is 168 Å². The van der Waals surface area contributed by atoms with Crippen molar-refractivity contribution in [3.05, 3.63) is 40.7 Å². The fraction of sp³-hybridized carbons (Fsp3) is 0.444. The van der Waals surface area contributed by atoms with Gasteiger partial charge in [0.2, 0.25) is 0 Å². The molecule has 3 heterocycles. The minimum atomic E-state index is -0.273. The smallest absolute Gasteiger partial charge is 0.263 e. The summed E-state index contributed by atoms with van der Waals surface area (Å²) in [6, 6.07) is 7.55. The summed E-state index contributed by atoms with van der Waals surface area (Å²) in [5, 5.41) is 7.52. The van der Waals surface area contributed by atoms with E-state index >= 15 is 0 Å². The molecule has 2 aliphatic heterocycles. The SMILES string of the molecule is Cc1nc(-c2ccc(F)cc2)sc1C(=O)NC1CC2CCC(C1)N2.Cl.Cl. The standard InChI is InChI=1S/C18H20FN3OS.2ClH/c1-10-16(24-18(20-10)11-2-4-12(19)5-3-11)17(23)22-15-8-13-6-7-14(9-15)21-13;;/h2-5,13-15,21H,6-9H2,1H3,(H,22,23);2*1H. The minimum Gasteiger partial charge on any atom is -0.348 e. The number of nitrogens with one attached hydrogen (secondary N) is 2. The molecule has 2 aliphatic rings. The number of rotatable bonds is 3. The maximum atomic E-state index is 13.1. The van der Waals surface area contributed by atoms with Gasteiger partial charge in [-0.3, -0.25) is 4.79 Å². The number of piperidine rings is 1. The van der Waals surface area contributed by atoms with E-state index in [9.17, 15) is 9.18 Å². The zero-order valence-corrected chi connectivity index (χ0v) is 16.8. The highest BCUT2D eigenvalue weighted by molar-refractivity contribution is 7.17. The molecule has 2 bridgehead atoms. The van der Waals surface area contributed by atoms with Gasteiger partial charge in [-0.2, -0.15) is 0 Å². The van der Waals surface area contributed by atoms with Crippen LogP contribution in [0.3, 0.4) is 0 Å². The summed E-state index contributed by atoms with van der Waals surface area (Å²) in [5.74, 6) is -0.310. The number of nitrogens with zero attached hydrogens (tertiary/aromatic N) is 1. The zero-order valence-electron chi connectivity index (χ0n) is 14.3. The number of carbonyl (C=O) groups excluding carboxylic acids is 1. The van der Waals surface area contributed by atoms with E-state index in [0.717, 1.165) is 29.1 Å². The van der Waals surface area contributed by atoms with Gasteiger partial charge in [-0.25, -0.2) is 9.37 Å². The molecule has 1 amide bonds. The number of thiazole rings is 1. The highest BCUT2D eigenvalue weighted by Crippen LogP contribution is 2.30. The van der Waals surface area contributed by atoms with Gasteiger partial charge in [-0.15, -0.1) is 36.2 Å². The molecule has 0 radical (unpaired) electrons. The van der Waals surface area contributed by atoms with Crippen molar-refractivity contribution in [3.8, 4) is 10.6 Å². The molecule has 8 heteroatoms. The van der Waals surface area contributed by atoms with E-state index in [1.165, 1.54) is 36.3 Å². The average molecular weight is 418 g/mol. The van der Waals surface area contributed by atoms with Crippen LogP contribution in [0.5, 0.6) is 0 Å². The fourth-order valence-electron chi connectivity index (χ4n) is 3.75. The highest BCUT2D eigenvalue weighted by atomic mass is 35.5. The summed E-state index contributed by atoms with van der Waals surface area (Å²) in [6.45, 7) is 1.85. The third-order valence-electron chi connectivity index (χ3n) is 4.90. The predicted molar refractivity (Wildman–Crippen MR) is 107 cm³/mol. The van der Waals surface area contributed by atoms with Crippen LogP contribution in [0.1, 0.15) is 41.0 Å². The Balaban J connectivity index is 0.00000121. The number of aryl methyl sites for hydroxylation is 1. The molecule has 2 N–H and O–H groups in total. The molecule has 1 aromatic heterocycles. The van der Waals surface area contributed by atoms with Gasteiger partial charge in [0.1, 0.15) is 15.7 Å². The van der Waals surface area contributed by atoms with Crippen LogP contribution in [0.4, 0.5) is 4.39 Å². The number of hydrogen-bond acceptors (Lipinski definition) is 4. The molecule has 4 rings (SSSR count). The summed E-state index contributed by atoms with van der Waals surface area (Å²) in [6.07, 6.45) is 4.44. The Kier molecular flexibility index (Phi) is 7.02.